The van der Waals surface area contributed by atoms with E-state index < -0.39 is 0 Å². The van der Waals surface area contributed by atoms with Crippen molar-refractivity contribution >= 4 is 11.6 Å². The Morgan fingerprint density at radius 1 is 1.35 bits per heavy atom. The van der Waals surface area contributed by atoms with E-state index >= 15 is 0 Å². The van der Waals surface area contributed by atoms with E-state index in [4.69, 9.17) is 10.5 Å². The molecule has 96 valence electrons. The van der Waals surface area contributed by atoms with Crippen LogP contribution in [-0.4, -0.2) is 36.3 Å². The highest BCUT2D eigenvalue weighted by atomic mass is 16.5. The molecule has 0 aliphatic rings. The number of rotatable bonds is 7. The van der Waals surface area contributed by atoms with Gasteiger partial charge in [0.2, 0.25) is 0 Å². The Labute approximate surface area is 103 Å². The number of anilines is 2. The van der Waals surface area contributed by atoms with Crippen LogP contribution in [0.3, 0.4) is 0 Å². The van der Waals surface area contributed by atoms with Crippen LogP contribution in [0.2, 0.25) is 0 Å². The van der Waals surface area contributed by atoms with Gasteiger partial charge in [0.05, 0.1) is 19.0 Å². The molecule has 17 heavy (non-hydrogen) atoms. The highest BCUT2D eigenvalue weighted by molar-refractivity contribution is 5.42. The Kier molecular flexibility index (Phi) is 5.69. The molecule has 1 heterocycles. The van der Waals surface area contributed by atoms with Crippen molar-refractivity contribution in [3.63, 3.8) is 0 Å². The molecular formula is C12H22N4O. The van der Waals surface area contributed by atoms with Gasteiger partial charge in [-0.1, -0.05) is 13.8 Å². The van der Waals surface area contributed by atoms with Crippen LogP contribution in [0.15, 0.2) is 12.4 Å². The topological polar surface area (TPSA) is 64.3 Å². The smallest absolute Gasteiger partial charge is 0.149 e. The number of methoxy groups -OCH3 is 1. The molecule has 2 N–H and O–H groups in total. The number of nitrogens with two attached hydrogens (primary N) is 1. The third-order valence-electron chi connectivity index (χ3n) is 2.85. The standard InChI is InChI=1S/C12H22N4O/c1-4-10(5-2)16(6-7-17-3)12-9-14-8-11(13)15-12/h8-10H,4-7H2,1-3H3,(H2,13,15). The van der Waals surface area contributed by atoms with Crippen molar-refractivity contribution in [2.24, 2.45) is 0 Å². The van der Waals surface area contributed by atoms with Crippen molar-refractivity contribution in [3.8, 4) is 0 Å². The van der Waals surface area contributed by atoms with Crippen molar-refractivity contribution in [1.82, 2.24) is 9.97 Å². The summed E-state index contributed by atoms with van der Waals surface area (Å²) in [5, 5.41) is 0. The fourth-order valence-electron chi connectivity index (χ4n) is 1.91. The first kappa shape index (κ1) is 13.7. The fourth-order valence-corrected chi connectivity index (χ4v) is 1.91. The van der Waals surface area contributed by atoms with Crippen LogP contribution >= 0.6 is 0 Å². The third-order valence-corrected chi connectivity index (χ3v) is 2.85. The van der Waals surface area contributed by atoms with Crippen molar-refractivity contribution in [2.45, 2.75) is 32.7 Å². The van der Waals surface area contributed by atoms with E-state index in [1.807, 2.05) is 0 Å². The van der Waals surface area contributed by atoms with E-state index in [0.717, 1.165) is 25.2 Å². The second-order valence-corrected chi connectivity index (χ2v) is 3.96. The quantitative estimate of drug-likeness (QED) is 0.783. The van der Waals surface area contributed by atoms with Crippen molar-refractivity contribution in [1.29, 1.82) is 0 Å². The van der Waals surface area contributed by atoms with E-state index in [1.165, 1.54) is 0 Å². The fraction of sp³-hybridized carbons (Fsp3) is 0.667. The molecule has 0 atom stereocenters. The largest absolute Gasteiger partial charge is 0.383 e. The molecule has 0 spiro atoms. The summed E-state index contributed by atoms with van der Waals surface area (Å²) in [7, 11) is 1.70. The number of hydrogen-bond acceptors (Lipinski definition) is 5. The summed E-state index contributed by atoms with van der Waals surface area (Å²) < 4.78 is 5.14. The van der Waals surface area contributed by atoms with Crippen molar-refractivity contribution in [3.05, 3.63) is 12.4 Å². The zero-order chi connectivity index (χ0) is 12.7. The molecule has 0 aliphatic carbocycles. The minimum Gasteiger partial charge on any atom is -0.383 e. The summed E-state index contributed by atoms with van der Waals surface area (Å²) in [5.74, 6) is 1.28. The molecule has 0 aromatic carbocycles. The second-order valence-electron chi connectivity index (χ2n) is 3.96. The highest BCUT2D eigenvalue weighted by Gasteiger charge is 2.17. The SMILES string of the molecule is CCC(CC)N(CCOC)c1cncc(N)n1. The second kappa shape index (κ2) is 7.06. The molecular weight excluding hydrogens is 216 g/mol. The summed E-state index contributed by atoms with van der Waals surface area (Å²) in [6.45, 7) is 5.83. The van der Waals surface area contributed by atoms with E-state index in [1.54, 1.807) is 19.5 Å². The number of ether oxygens (including phenoxy) is 1. The molecule has 0 radical (unpaired) electrons. The molecule has 0 amide bonds. The van der Waals surface area contributed by atoms with Gasteiger partial charge >= 0.3 is 0 Å². The number of hydrogen-bond donors (Lipinski definition) is 1. The molecule has 5 nitrogen and oxygen atoms in total. The Hall–Kier alpha value is -1.36. The van der Waals surface area contributed by atoms with Crippen molar-refractivity contribution in [2.75, 3.05) is 30.9 Å². The predicted molar refractivity (Wildman–Crippen MR) is 70.0 cm³/mol. The average Bonchev–Trinajstić information content (AvgIpc) is 2.34. The van der Waals surface area contributed by atoms with Gasteiger partial charge in [-0.25, -0.2) is 4.98 Å². The van der Waals surface area contributed by atoms with E-state index in [-0.39, 0.29) is 0 Å². The van der Waals surface area contributed by atoms with Gasteiger partial charge in [0, 0.05) is 19.7 Å². The number of nitrogens with zero attached hydrogens (tertiary/aromatic N) is 3. The van der Waals surface area contributed by atoms with Crippen molar-refractivity contribution < 1.29 is 4.74 Å². The Morgan fingerprint density at radius 2 is 2.06 bits per heavy atom. The van der Waals surface area contributed by atoms with Crippen LogP contribution in [0, 0.1) is 0 Å². The van der Waals surface area contributed by atoms with Crippen LogP contribution in [0.5, 0.6) is 0 Å². The lowest BCUT2D eigenvalue weighted by Crippen LogP contribution is -2.37. The summed E-state index contributed by atoms with van der Waals surface area (Å²) in [5.41, 5.74) is 5.68. The van der Waals surface area contributed by atoms with Crippen LogP contribution < -0.4 is 10.6 Å². The number of nitrogen functional groups attached to an aromatic ring is 1. The van der Waals surface area contributed by atoms with Gasteiger partial charge in [0.25, 0.3) is 0 Å². The maximum absolute atomic E-state index is 5.68. The van der Waals surface area contributed by atoms with Gasteiger partial charge in [-0.05, 0) is 12.8 Å². The zero-order valence-corrected chi connectivity index (χ0v) is 10.9. The van der Waals surface area contributed by atoms with Gasteiger partial charge in [-0.15, -0.1) is 0 Å². The Morgan fingerprint density at radius 3 is 2.59 bits per heavy atom. The Balaban J connectivity index is 2.88. The maximum Gasteiger partial charge on any atom is 0.149 e. The molecule has 0 fully saturated rings. The molecule has 1 aromatic rings. The zero-order valence-electron chi connectivity index (χ0n) is 10.9. The lowest BCUT2D eigenvalue weighted by Gasteiger charge is -2.31. The predicted octanol–water partition coefficient (Wildman–Crippen LogP) is 1.70. The Bertz CT molecular complexity index is 328. The molecule has 0 bridgehead atoms. The average molecular weight is 238 g/mol. The summed E-state index contributed by atoms with van der Waals surface area (Å²) in [6, 6.07) is 0.446. The third kappa shape index (κ3) is 3.85. The summed E-state index contributed by atoms with van der Waals surface area (Å²) in [4.78, 5) is 10.6. The first-order chi connectivity index (χ1) is 8.22. The molecule has 0 saturated heterocycles. The van der Waals surface area contributed by atoms with Crippen LogP contribution in [0.4, 0.5) is 11.6 Å². The number of aromatic nitrogens is 2. The minimum absolute atomic E-state index is 0.446. The molecule has 1 aromatic heterocycles. The summed E-state index contributed by atoms with van der Waals surface area (Å²) >= 11 is 0. The lowest BCUT2D eigenvalue weighted by molar-refractivity contribution is 0.202. The van der Waals surface area contributed by atoms with Crippen LogP contribution in [0.1, 0.15) is 26.7 Å². The maximum atomic E-state index is 5.68. The molecule has 0 unspecified atom stereocenters. The van der Waals surface area contributed by atoms with E-state index in [9.17, 15) is 0 Å². The van der Waals surface area contributed by atoms with Gasteiger partial charge in [0.1, 0.15) is 11.6 Å². The minimum atomic E-state index is 0.446. The van der Waals surface area contributed by atoms with Crippen LogP contribution in [-0.2, 0) is 4.74 Å². The summed E-state index contributed by atoms with van der Waals surface area (Å²) in [6.07, 6.45) is 5.45. The normalized spacial score (nSPS) is 10.8. The highest BCUT2D eigenvalue weighted by Crippen LogP contribution is 2.17. The molecule has 1 rings (SSSR count). The molecule has 0 saturated carbocycles. The van der Waals surface area contributed by atoms with Gasteiger partial charge < -0.3 is 15.4 Å². The van der Waals surface area contributed by atoms with Crippen LogP contribution in [0.25, 0.3) is 0 Å². The van der Waals surface area contributed by atoms with Gasteiger partial charge in [-0.3, -0.25) is 4.98 Å². The molecule has 0 aliphatic heterocycles. The first-order valence-corrected chi connectivity index (χ1v) is 6.06. The van der Waals surface area contributed by atoms with Gasteiger partial charge in [0.15, 0.2) is 0 Å². The van der Waals surface area contributed by atoms with Gasteiger partial charge in [-0.2, -0.15) is 0 Å². The lowest BCUT2D eigenvalue weighted by atomic mass is 10.1. The van der Waals surface area contributed by atoms with E-state index in [0.29, 0.717) is 18.5 Å². The first-order valence-electron chi connectivity index (χ1n) is 6.06. The van der Waals surface area contributed by atoms with E-state index in [2.05, 4.69) is 28.7 Å². The molecule has 5 heteroatoms. The monoisotopic (exact) mass is 238 g/mol.